The predicted octanol–water partition coefficient (Wildman–Crippen LogP) is 5.32. The number of amides is 2. The fraction of sp³-hybridized carbons (Fsp3) is 0.385. The van der Waals surface area contributed by atoms with Gasteiger partial charge in [-0.15, -0.1) is 0 Å². The largest absolute Gasteiger partial charge is 0.322 e. The molecule has 1 atom stereocenters. The van der Waals surface area contributed by atoms with Gasteiger partial charge in [-0.3, -0.25) is 9.69 Å². The highest BCUT2D eigenvalue weighted by Crippen LogP contribution is 2.22. The van der Waals surface area contributed by atoms with E-state index in [9.17, 15) is 9.59 Å². The molecule has 2 aromatic carbocycles. The van der Waals surface area contributed by atoms with E-state index in [0.717, 1.165) is 48.0 Å². The lowest BCUT2D eigenvalue weighted by Crippen LogP contribution is -2.45. The van der Waals surface area contributed by atoms with E-state index in [0.29, 0.717) is 22.8 Å². The summed E-state index contributed by atoms with van der Waals surface area (Å²) >= 11 is 5.98. The lowest BCUT2D eigenvalue weighted by Gasteiger charge is -2.30. The van der Waals surface area contributed by atoms with Crippen molar-refractivity contribution >= 4 is 34.2 Å². The first-order chi connectivity index (χ1) is 15.8. The maximum Gasteiger partial charge on any atom is 0.322 e. The fourth-order valence-corrected chi connectivity index (χ4v) is 4.89. The van der Waals surface area contributed by atoms with Crippen LogP contribution in [0, 0.1) is 13.8 Å². The van der Waals surface area contributed by atoms with Crippen molar-refractivity contribution in [2.24, 2.45) is 0 Å². The summed E-state index contributed by atoms with van der Waals surface area (Å²) in [6.07, 6.45) is 2.17. The Balaban J connectivity index is 1.63. The number of nitrogens with zero attached hydrogens (tertiary/aromatic N) is 2. The molecule has 0 unspecified atom stereocenters. The Morgan fingerprint density at radius 2 is 1.97 bits per heavy atom. The van der Waals surface area contributed by atoms with Crippen LogP contribution in [0.5, 0.6) is 0 Å². The molecule has 0 spiro atoms. The number of carbonyl (C=O) groups excluding carboxylic acids is 1. The minimum atomic E-state index is -0.222. The van der Waals surface area contributed by atoms with Gasteiger partial charge in [0.15, 0.2) is 0 Å². The number of halogens is 1. The van der Waals surface area contributed by atoms with Gasteiger partial charge >= 0.3 is 6.03 Å². The molecule has 33 heavy (non-hydrogen) atoms. The molecular weight excluding hydrogens is 436 g/mol. The van der Waals surface area contributed by atoms with Gasteiger partial charge in [0, 0.05) is 39.8 Å². The molecule has 1 aliphatic heterocycles. The molecule has 1 aromatic heterocycles. The van der Waals surface area contributed by atoms with Gasteiger partial charge in [0.2, 0.25) is 0 Å². The van der Waals surface area contributed by atoms with E-state index in [1.54, 1.807) is 29.2 Å². The van der Waals surface area contributed by atoms with Gasteiger partial charge in [-0.25, -0.2) is 4.79 Å². The van der Waals surface area contributed by atoms with Crippen molar-refractivity contribution in [1.29, 1.82) is 0 Å². The number of likely N-dealkylation sites (tertiary alicyclic amines) is 1. The van der Waals surface area contributed by atoms with E-state index < -0.39 is 0 Å². The number of aryl methyl sites for hydroxylation is 2. The first-order valence-corrected chi connectivity index (χ1v) is 11.9. The summed E-state index contributed by atoms with van der Waals surface area (Å²) in [6.45, 7) is 9.01. The number of anilines is 1. The smallest absolute Gasteiger partial charge is 0.322 e. The number of rotatable bonds is 6. The zero-order valence-corrected chi connectivity index (χ0v) is 20.2. The molecule has 3 aromatic rings. The number of nitrogens with one attached hydrogen (secondary N) is 2. The van der Waals surface area contributed by atoms with Gasteiger partial charge < -0.3 is 15.2 Å². The summed E-state index contributed by atoms with van der Waals surface area (Å²) in [4.78, 5) is 33.4. The minimum absolute atomic E-state index is 0.157. The minimum Gasteiger partial charge on any atom is -0.322 e. The van der Waals surface area contributed by atoms with Crippen LogP contribution in [0.3, 0.4) is 0 Å². The zero-order valence-electron chi connectivity index (χ0n) is 19.5. The Bertz CT molecular complexity index is 1210. The SMILES string of the molecule is CCN1CCC[C@@H]1CN(Cc1cc2c(C)cc(C)cc2[nH]c1=O)C(=O)Nc1ccc(Cl)cc1. The van der Waals surface area contributed by atoms with Crippen LogP contribution in [0.15, 0.2) is 47.3 Å². The van der Waals surface area contributed by atoms with Crippen molar-refractivity contribution in [3.63, 3.8) is 0 Å². The number of carbonyl (C=O) groups is 1. The van der Waals surface area contributed by atoms with Crippen LogP contribution >= 0.6 is 11.6 Å². The molecule has 7 heteroatoms. The molecule has 2 heterocycles. The van der Waals surface area contributed by atoms with Crippen LogP contribution in [0.25, 0.3) is 10.9 Å². The number of likely N-dealkylation sites (N-methyl/N-ethyl adjacent to an activating group) is 1. The Morgan fingerprint density at radius 3 is 2.70 bits per heavy atom. The third-order valence-electron chi connectivity index (χ3n) is 6.47. The number of aromatic nitrogens is 1. The van der Waals surface area contributed by atoms with E-state index in [1.165, 1.54) is 0 Å². The van der Waals surface area contributed by atoms with Gasteiger partial charge in [0.05, 0.1) is 6.54 Å². The average Bonchev–Trinajstić information content (AvgIpc) is 3.22. The number of fused-ring (bicyclic) bond motifs is 1. The van der Waals surface area contributed by atoms with Crippen molar-refractivity contribution < 1.29 is 4.79 Å². The topological polar surface area (TPSA) is 68.4 Å². The molecule has 0 radical (unpaired) electrons. The highest BCUT2D eigenvalue weighted by Gasteiger charge is 2.28. The van der Waals surface area contributed by atoms with E-state index in [4.69, 9.17) is 11.6 Å². The molecule has 0 aliphatic carbocycles. The van der Waals surface area contributed by atoms with Crippen LogP contribution < -0.4 is 10.9 Å². The molecule has 4 rings (SSSR count). The first kappa shape index (κ1) is 23.3. The van der Waals surface area contributed by atoms with Crippen LogP contribution in [-0.2, 0) is 6.54 Å². The van der Waals surface area contributed by atoms with Crippen molar-refractivity contribution in [3.05, 3.63) is 74.5 Å². The monoisotopic (exact) mass is 466 g/mol. The molecule has 174 valence electrons. The van der Waals surface area contributed by atoms with Crippen LogP contribution in [0.4, 0.5) is 10.5 Å². The summed E-state index contributed by atoms with van der Waals surface area (Å²) in [7, 11) is 0. The number of hydrogen-bond donors (Lipinski definition) is 2. The Hall–Kier alpha value is -2.83. The molecule has 1 aliphatic rings. The van der Waals surface area contributed by atoms with E-state index in [1.807, 2.05) is 26.0 Å². The maximum atomic E-state index is 13.3. The molecule has 6 nitrogen and oxygen atoms in total. The van der Waals surface area contributed by atoms with E-state index >= 15 is 0 Å². The van der Waals surface area contributed by atoms with Crippen molar-refractivity contribution in [2.45, 2.75) is 46.2 Å². The predicted molar refractivity (Wildman–Crippen MR) is 135 cm³/mol. The quantitative estimate of drug-likeness (QED) is 0.516. The second-order valence-corrected chi connectivity index (χ2v) is 9.35. The van der Waals surface area contributed by atoms with Crippen molar-refractivity contribution in [2.75, 3.05) is 25.0 Å². The summed E-state index contributed by atoms with van der Waals surface area (Å²) in [6, 6.07) is 13.1. The normalized spacial score (nSPS) is 16.3. The molecule has 2 N–H and O–H groups in total. The van der Waals surface area contributed by atoms with Gasteiger partial charge in [-0.2, -0.15) is 0 Å². The van der Waals surface area contributed by atoms with Gasteiger partial charge in [0.1, 0.15) is 0 Å². The maximum absolute atomic E-state index is 13.3. The van der Waals surface area contributed by atoms with Crippen LogP contribution in [0.1, 0.15) is 36.5 Å². The second-order valence-electron chi connectivity index (χ2n) is 8.91. The average molecular weight is 467 g/mol. The summed E-state index contributed by atoms with van der Waals surface area (Å²) in [5.41, 5.74) is 4.14. The van der Waals surface area contributed by atoms with E-state index in [2.05, 4.69) is 28.2 Å². The second kappa shape index (κ2) is 9.98. The number of hydrogen-bond acceptors (Lipinski definition) is 3. The highest BCUT2D eigenvalue weighted by molar-refractivity contribution is 6.30. The molecule has 2 amide bonds. The standard InChI is InChI=1S/C26H31ClN4O2/c1-4-30-11-5-6-22(30)16-31(26(33)28-21-9-7-20(27)8-10-21)15-19-14-23-18(3)12-17(2)13-24(23)29-25(19)32/h7-10,12-14,22H,4-6,11,15-16H2,1-3H3,(H,28,33)(H,29,32)/t22-/m1/s1. The van der Waals surface area contributed by atoms with Crippen LogP contribution in [0.2, 0.25) is 5.02 Å². The fourth-order valence-electron chi connectivity index (χ4n) is 4.77. The third-order valence-corrected chi connectivity index (χ3v) is 6.72. The lowest BCUT2D eigenvalue weighted by molar-refractivity contribution is 0.174. The Kier molecular flexibility index (Phi) is 7.05. The molecule has 1 saturated heterocycles. The number of H-pyrrole nitrogens is 1. The lowest BCUT2D eigenvalue weighted by atomic mass is 10.0. The number of benzene rings is 2. The van der Waals surface area contributed by atoms with Gasteiger partial charge in [0.25, 0.3) is 5.56 Å². The van der Waals surface area contributed by atoms with Gasteiger partial charge in [-0.1, -0.05) is 24.6 Å². The molecule has 1 fully saturated rings. The molecule has 0 bridgehead atoms. The Morgan fingerprint density at radius 1 is 1.21 bits per heavy atom. The number of aromatic amines is 1. The summed E-state index contributed by atoms with van der Waals surface area (Å²) in [5.74, 6) is 0. The first-order valence-electron chi connectivity index (χ1n) is 11.5. The zero-order chi connectivity index (χ0) is 23.5. The van der Waals surface area contributed by atoms with Crippen molar-refractivity contribution in [1.82, 2.24) is 14.8 Å². The van der Waals surface area contributed by atoms with E-state index in [-0.39, 0.29) is 24.2 Å². The van der Waals surface area contributed by atoms with Crippen LogP contribution in [-0.4, -0.2) is 46.5 Å². The number of urea groups is 1. The molecule has 0 saturated carbocycles. The summed E-state index contributed by atoms with van der Waals surface area (Å²) in [5, 5.41) is 4.59. The van der Waals surface area contributed by atoms with Gasteiger partial charge in [-0.05, 0) is 87.3 Å². The Labute approximate surface area is 199 Å². The molecular formula is C26H31ClN4O2. The number of pyridine rings is 1. The summed E-state index contributed by atoms with van der Waals surface area (Å²) < 4.78 is 0. The third kappa shape index (κ3) is 5.40. The highest BCUT2D eigenvalue weighted by atomic mass is 35.5. The van der Waals surface area contributed by atoms with Crippen molar-refractivity contribution in [3.8, 4) is 0 Å².